The molecule has 27 heavy (non-hydrogen) atoms. The van der Waals surface area contributed by atoms with Gasteiger partial charge in [0.1, 0.15) is 0 Å². The molecule has 0 radical (unpaired) electrons. The summed E-state index contributed by atoms with van der Waals surface area (Å²) in [5.41, 5.74) is 0. The monoisotopic (exact) mass is 384 g/mol. The second-order valence-electron chi connectivity index (χ2n) is 7.48. The highest BCUT2D eigenvalue weighted by Crippen LogP contribution is 2.12. The van der Waals surface area contributed by atoms with E-state index >= 15 is 0 Å². The highest BCUT2D eigenvalue weighted by Gasteiger charge is 2.04. The molecule has 4 nitrogen and oxygen atoms in total. The van der Waals surface area contributed by atoms with Crippen LogP contribution in [0.25, 0.3) is 0 Å². The van der Waals surface area contributed by atoms with Gasteiger partial charge in [-0.15, -0.1) is 0 Å². The Morgan fingerprint density at radius 1 is 0.519 bits per heavy atom. The Morgan fingerprint density at radius 3 is 1.41 bits per heavy atom. The summed E-state index contributed by atoms with van der Waals surface area (Å²) < 4.78 is 10.1. The first kappa shape index (κ1) is 25.9. The van der Waals surface area contributed by atoms with Gasteiger partial charge in [-0.2, -0.15) is 0 Å². The highest BCUT2D eigenvalue weighted by atomic mass is 16.5. The summed E-state index contributed by atoms with van der Waals surface area (Å²) in [7, 11) is 0. The van der Waals surface area contributed by atoms with E-state index in [1.54, 1.807) is 0 Å². The molecule has 0 aromatic rings. The Kier molecular flexibility index (Phi) is 20.4. The molecule has 0 saturated carbocycles. The molecule has 0 aromatic heterocycles. The molecule has 0 aliphatic heterocycles. The van der Waals surface area contributed by atoms with Gasteiger partial charge in [0.2, 0.25) is 0 Å². The molecule has 0 spiro atoms. The third-order valence-corrected chi connectivity index (χ3v) is 4.83. The van der Waals surface area contributed by atoms with Crippen molar-refractivity contribution in [1.82, 2.24) is 0 Å². The lowest BCUT2D eigenvalue weighted by molar-refractivity contribution is -0.144. The molecule has 0 saturated heterocycles. The van der Waals surface area contributed by atoms with E-state index in [9.17, 15) is 9.59 Å². The molecule has 0 aromatic carbocycles. The van der Waals surface area contributed by atoms with Crippen molar-refractivity contribution in [2.24, 2.45) is 0 Å². The summed E-state index contributed by atoms with van der Waals surface area (Å²) in [5.74, 6) is -0.249. The Bertz CT molecular complexity index is 341. The van der Waals surface area contributed by atoms with Gasteiger partial charge >= 0.3 is 11.9 Å². The second kappa shape index (κ2) is 21.2. The molecule has 0 aliphatic rings. The molecule has 160 valence electrons. The van der Waals surface area contributed by atoms with E-state index in [-0.39, 0.29) is 11.9 Å². The van der Waals surface area contributed by atoms with Crippen LogP contribution in [0, 0.1) is 0 Å². The van der Waals surface area contributed by atoms with Crippen LogP contribution in [0.2, 0.25) is 0 Å². The van der Waals surface area contributed by atoms with Gasteiger partial charge < -0.3 is 9.47 Å². The smallest absolute Gasteiger partial charge is 0.305 e. The van der Waals surface area contributed by atoms with E-state index in [1.165, 1.54) is 64.2 Å². The first-order valence-corrected chi connectivity index (χ1v) is 11.5. The predicted molar refractivity (Wildman–Crippen MR) is 112 cm³/mol. The van der Waals surface area contributed by atoms with E-state index in [0.717, 1.165) is 32.1 Å². The average Bonchev–Trinajstić information content (AvgIpc) is 2.65. The number of hydrogen-bond donors (Lipinski definition) is 0. The van der Waals surface area contributed by atoms with Gasteiger partial charge in [-0.25, -0.2) is 0 Å². The fourth-order valence-corrected chi connectivity index (χ4v) is 3.15. The number of ether oxygens (including phenoxy) is 2. The van der Waals surface area contributed by atoms with Crippen molar-refractivity contribution in [3.05, 3.63) is 0 Å². The lowest BCUT2D eigenvalue weighted by Crippen LogP contribution is -2.06. The maximum Gasteiger partial charge on any atom is 0.305 e. The normalized spacial score (nSPS) is 10.7. The predicted octanol–water partition coefficient (Wildman–Crippen LogP) is 6.74. The maximum atomic E-state index is 11.6. The zero-order valence-electron chi connectivity index (χ0n) is 18.1. The quantitative estimate of drug-likeness (QED) is 0.172. The Labute approximate surface area is 167 Å². The Morgan fingerprint density at radius 2 is 0.926 bits per heavy atom. The number of unbranched alkanes of at least 4 members (excludes halogenated alkanes) is 13. The standard InChI is InChI=1S/C23H44O4/c1-3-5-6-7-8-9-10-11-12-13-14-18-21-27-23(25)20-17-15-16-19-22(24)26-4-2/h3-21H2,1-2H3. The van der Waals surface area contributed by atoms with Crippen molar-refractivity contribution in [2.75, 3.05) is 13.2 Å². The van der Waals surface area contributed by atoms with Gasteiger partial charge in [0.25, 0.3) is 0 Å². The van der Waals surface area contributed by atoms with Crippen molar-refractivity contribution in [3.63, 3.8) is 0 Å². The molecule has 0 unspecified atom stereocenters. The molecule has 0 amide bonds. The largest absolute Gasteiger partial charge is 0.466 e. The molecule has 0 heterocycles. The molecule has 4 heteroatoms. The summed E-state index contributed by atoms with van der Waals surface area (Å²) >= 11 is 0. The third-order valence-electron chi connectivity index (χ3n) is 4.83. The van der Waals surface area contributed by atoms with Crippen molar-refractivity contribution in [3.8, 4) is 0 Å². The number of carbonyl (C=O) groups excluding carboxylic acids is 2. The molecule has 0 N–H and O–H groups in total. The molecular weight excluding hydrogens is 340 g/mol. The topological polar surface area (TPSA) is 52.6 Å². The van der Waals surface area contributed by atoms with Crippen molar-refractivity contribution >= 4 is 11.9 Å². The van der Waals surface area contributed by atoms with Crippen LogP contribution in [0.4, 0.5) is 0 Å². The van der Waals surface area contributed by atoms with Crippen LogP contribution < -0.4 is 0 Å². The fraction of sp³-hybridized carbons (Fsp3) is 0.913. The van der Waals surface area contributed by atoms with Gasteiger partial charge in [0.15, 0.2) is 0 Å². The highest BCUT2D eigenvalue weighted by molar-refractivity contribution is 5.69. The summed E-state index contributed by atoms with van der Waals surface area (Å²) in [4.78, 5) is 22.8. The number of esters is 2. The van der Waals surface area contributed by atoms with Crippen molar-refractivity contribution in [2.45, 2.75) is 123 Å². The lowest BCUT2D eigenvalue weighted by Gasteiger charge is -2.05. The molecule has 0 bridgehead atoms. The zero-order valence-corrected chi connectivity index (χ0v) is 18.1. The van der Waals surface area contributed by atoms with Crippen LogP contribution in [0.3, 0.4) is 0 Å². The van der Waals surface area contributed by atoms with Crippen LogP contribution in [0.15, 0.2) is 0 Å². The van der Waals surface area contributed by atoms with Crippen LogP contribution in [-0.4, -0.2) is 25.2 Å². The third kappa shape index (κ3) is 21.1. The minimum Gasteiger partial charge on any atom is -0.466 e. The number of carbonyl (C=O) groups is 2. The summed E-state index contributed by atoms with van der Waals surface area (Å²) in [5, 5.41) is 0. The van der Waals surface area contributed by atoms with Crippen LogP contribution >= 0.6 is 0 Å². The van der Waals surface area contributed by atoms with Gasteiger partial charge in [-0.1, -0.05) is 84.0 Å². The van der Waals surface area contributed by atoms with Gasteiger partial charge in [-0.05, 0) is 26.2 Å². The minimum absolute atomic E-state index is 0.103. The molecular formula is C23H44O4. The number of rotatable bonds is 20. The SMILES string of the molecule is CCCCCCCCCCCCCCOC(=O)CCCCCC(=O)OCC. The zero-order chi connectivity index (χ0) is 20.0. The van der Waals surface area contributed by atoms with Crippen LogP contribution in [-0.2, 0) is 19.1 Å². The first-order valence-electron chi connectivity index (χ1n) is 11.5. The summed E-state index contributed by atoms with van der Waals surface area (Å²) in [6.07, 6.45) is 19.1. The second-order valence-corrected chi connectivity index (χ2v) is 7.48. The van der Waals surface area contributed by atoms with Crippen molar-refractivity contribution < 1.29 is 19.1 Å². The maximum absolute atomic E-state index is 11.6. The van der Waals surface area contributed by atoms with Gasteiger partial charge in [0.05, 0.1) is 13.2 Å². The molecule has 0 rings (SSSR count). The molecule has 0 fully saturated rings. The Hall–Kier alpha value is -1.06. The van der Waals surface area contributed by atoms with E-state index in [4.69, 9.17) is 9.47 Å². The van der Waals surface area contributed by atoms with Crippen LogP contribution in [0.5, 0.6) is 0 Å². The minimum atomic E-state index is -0.146. The van der Waals surface area contributed by atoms with E-state index in [2.05, 4.69) is 6.92 Å². The van der Waals surface area contributed by atoms with Gasteiger partial charge in [0, 0.05) is 12.8 Å². The lowest BCUT2D eigenvalue weighted by atomic mass is 10.1. The fourth-order valence-electron chi connectivity index (χ4n) is 3.15. The number of hydrogen-bond acceptors (Lipinski definition) is 4. The van der Waals surface area contributed by atoms with E-state index in [1.807, 2.05) is 6.92 Å². The van der Waals surface area contributed by atoms with E-state index < -0.39 is 0 Å². The van der Waals surface area contributed by atoms with Crippen LogP contribution in [0.1, 0.15) is 123 Å². The summed E-state index contributed by atoms with van der Waals surface area (Å²) in [6.45, 7) is 5.06. The molecule has 0 aliphatic carbocycles. The van der Waals surface area contributed by atoms with E-state index in [0.29, 0.717) is 26.1 Å². The first-order chi connectivity index (χ1) is 13.2. The Balaban J connectivity index is 3.20. The van der Waals surface area contributed by atoms with Crippen molar-refractivity contribution in [1.29, 1.82) is 0 Å². The average molecular weight is 385 g/mol. The van der Waals surface area contributed by atoms with Gasteiger partial charge in [-0.3, -0.25) is 9.59 Å². The molecule has 0 atom stereocenters. The summed E-state index contributed by atoms with van der Waals surface area (Å²) in [6, 6.07) is 0.